The fourth-order valence-corrected chi connectivity index (χ4v) is 6.50. The molecule has 42 heavy (non-hydrogen) atoms. The van der Waals surface area contributed by atoms with E-state index in [1.54, 1.807) is 41.5 Å². The first-order valence-corrected chi connectivity index (χ1v) is 18.2. The average Bonchev–Trinajstić information content (AvgIpc) is 2.74. The van der Waals surface area contributed by atoms with Crippen molar-refractivity contribution in [2.24, 2.45) is 0 Å². The fourth-order valence-electron chi connectivity index (χ4n) is 3.12. The number of carbonyl (C=O) groups is 3. The van der Waals surface area contributed by atoms with Crippen molar-refractivity contribution in [1.82, 2.24) is 10.6 Å². The van der Waals surface area contributed by atoms with E-state index in [2.05, 4.69) is 10.6 Å². The zero-order valence-electron chi connectivity index (χ0n) is 24.8. The molecule has 8 N–H and O–H groups in total. The average molecular weight is 673 g/mol. The van der Waals surface area contributed by atoms with Crippen LogP contribution < -0.4 is 10.6 Å². The summed E-state index contributed by atoms with van der Waals surface area (Å²) in [5, 5.41) is 2.53. The summed E-state index contributed by atoms with van der Waals surface area (Å²) in [6.45, 7) is 9.17. The molecular weight excluding hydrogens is 625 g/mol. The van der Waals surface area contributed by atoms with Gasteiger partial charge in [-0.25, -0.2) is 0 Å². The summed E-state index contributed by atoms with van der Waals surface area (Å²) < 4.78 is 42.9. The second-order valence-corrected chi connectivity index (χ2v) is 17.1. The SMILES string of the molecule is CC(C)(C)OC(=O)NC(CO[PH](O)(O)OCCCCCCNC(=O)CCC(P(=O)(O)O)P(=O)(O)O)C(=O)OC(C)(C)C. The van der Waals surface area contributed by atoms with Crippen LogP contribution in [-0.2, 0) is 37.2 Å². The molecule has 0 heterocycles. The third-order valence-corrected chi connectivity index (χ3v) is 9.91. The molecule has 250 valence electrons. The molecule has 2 amide bonds. The van der Waals surface area contributed by atoms with Crippen LogP contribution in [0, 0.1) is 0 Å². The quantitative estimate of drug-likeness (QED) is 0.0586. The second-order valence-electron chi connectivity index (χ2n) is 11.4. The summed E-state index contributed by atoms with van der Waals surface area (Å²) in [5.74, 6) is -1.50. The van der Waals surface area contributed by atoms with Crippen molar-refractivity contribution < 1.29 is 71.4 Å². The predicted molar refractivity (Wildman–Crippen MR) is 152 cm³/mol. The molecule has 0 bridgehead atoms. The Bertz CT molecular complexity index is 947. The van der Waals surface area contributed by atoms with E-state index in [-0.39, 0.29) is 13.2 Å². The number of unbranched alkanes of at least 4 members (excludes halogenated alkanes) is 3. The number of esters is 1. The summed E-state index contributed by atoms with van der Waals surface area (Å²) in [5.41, 5.74) is -1.74. The number of alkyl carbamates (subject to hydrolysis) is 1. The topological polar surface area (TPSA) is 268 Å². The van der Waals surface area contributed by atoms with Crippen LogP contribution in [0.2, 0.25) is 0 Å². The first-order chi connectivity index (χ1) is 18.8. The first-order valence-electron chi connectivity index (χ1n) is 13.1. The van der Waals surface area contributed by atoms with Gasteiger partial charge in [-0.05, 0) is 0 Å². The van der Waals surface area contributed by atoms with Crippen molar-refractivity contribution in [3.8, 4) is 0 Å². The predicted octanol–water partition coefficient (Wildman–Crippen LogP) is 1.79. The van der Waals surface area contributed by atoms with E-state index in [1.807, 2.05) is 0 Å². The van der Waals surface area contributed by atoms with Crippen LogP contribution in [0.15, 0.2) is 0 Å². The van der Waals surface area contributed by atoms with Gasteiger partial charge in [0.1, 0.15) is 0 Å². The number of rotatable bonds is 18. The molecule has 17 nitrogen and oxygen atoms in total. The zero-order valence-corrected chi connectivity index (χ0v) is 27.6. The number of nitrogens with one attached hydrogen (secondary N) is 2. The minimum absolute atomic E-state index is 0.103. The molecule has 0 aromatic carbocycles. The molecule has 0 aliphatic heterocycles. The second kappa shape index (κ2) is 17.3. The Balaban J connectivity index is 4.48. The zero-order chi connectivity index (χ0) is 33.0. The molecule has 0 rings (SSSR count). The summed E-state index contributed by atoms with van der Waals surface area (Å²) in [6.07, 6.45) is -0.0694. The molecule has 0 radical (unpaired) electrons. The minimum atomic E-state index is -5.09. The van der Waals surface area contributed by atoms with E-state index < -0.39 is 83.4 Å². The summed E-state index contributed by atoms with van der Waals surface area (Å²) in [7, 11) is -14.8. The summed E-state index contributed by atoms with van der Waals surface area (Å²) >= 11 is 0. The van der Waals surface area contributed by atoms with Crippen molar-refractivity contribution >= 4 is 41.3 Å². The Kier molecular flexibility index (Phi) is 16.8. The Hall–Kier alpha value is -1.22. The van der Waals surface area contributed by atoms with Gasteiger partial charge in [0.25, 0.3) is 0 Å². The Morgan fingerprint density at radius 2 is 1.33 bits per heavy atom. The van der Waals surface area contributed by atoms with Gasteiger partial charge in [0.15, 0.2) is 0 Å². The third-order valence-electron chi connectivity index (χ3n) is 4.91. The summed E-state index contributed by atoms with van der Waals surface area (Å²) in [6, 6.07) is -1.41. The Morgan fingerprint density at radius 3 is 1.83 bits per heavy atom. The van der Waals surface area contributed by atoms with Gasteiger partial charge in [0.05, 0.1) is 0 Å². The van der Waals surface area contributed by atoms with Crippen LogP contribution >= 0.6 is 23.4 Å². The van der Waals surface area contributed by atoms with Crippen LogP contribution in [0.1, 0.15) is 80.1 Å². The molecule has 0 saturated heterocycles. The van der Waals surface area contributed by atoms with Gasteiger partial charge in [-0.2, -0.15) is 0 Å². The van der Waals surface area contributed by atoms with E-state index in [9.17, 15) is 33.3 Å². The maximum absolute atomic E-state index is 12.5. The van der Waals surface area contributed by atoms with Crippen molar-refractivity contribution in [3.05, 3.63) is 0 Å². The number of amides is 2. The number of hydrogen-bond acceptors (Lipinski definition) is 11. The van der Waals surface area contributed by atoms with E-state index in [0.29, 0.717) is 25.7 Å². The first kappa shape index (κ1) is 40.8. The summed E-state index contributed by atoms with van der Waals surface area (Å²) in [4.78, 5) is 92.9. The van der Waals surface area contributed by atoms with E-state index in [4.69, 9.17) is 38.1 Å². The van der Waals surface area contributed by atoms with Crippen molar-refractivity contribution in [1.29, 1.82) is 0 Å². The number of hydrogen-bond donors (Lipinski definition) is 8. The van der Waals surface area contributed by atoms with Gasteiger partial charge in [0, 0.05) is 0 Å². The molecular formula is C22H47N2O15P3. The number of ether oxygens (including phenoxy) is 2. The van der Waals surface area contributed by atoms with Crippen molar-refractivity contribution in [2.45, 2.75) is 103 Å². The molecule has 20 heteroatoms. The third kappa shape index (κ3) is 20.6. The van der Waals surface area contributed by atoms with Gasteiger partial charge in [0.2, 0.25) is 0 Å². The van der Waals surface area contributed by atoms with Gasteiger partial charge in [-0.1, -0.05) is 0 Å². The molecule has 0 aromatic rings. The van der Waals surface area contributed by atoms with Crippen LogP contribution in [-0.4, -0.2) is 89.7 Å². The van der Waals surface area contributed by atoms with E-state index in [1.165, 1.54) is 0 Å². The van der Waals surface area contributed by atoms with Crippen molar-refractivity contribution in [3.63, 3.8) is 0 Å². The molecule has 0 aliphatic rings. The van der Waals surface area contributed by atoms with Crippen LogP contribution in [0.3, 0.4) is 0 Å². The van der Waals surface area contributed by atoms with Gasteiger partial charge in [-0.15, -0.1) is 0 Å². The standard InChI is InChI=1S/C22H47N2O15P3/c1-21(2,3)38-19(26)16(24-20(27)39-22(4,5)6)15-37-42(34,35)36-14-10-8-7-9-13-23-17(25)11-12-18(40(28,29)30)41(31,32)33/h16,18,34-35,42H,7-15H2,1-6H3,(H,23,25)(H,24,27)(H2,28,29,30)(H2,31,32,33). The molecule has 0 spiro atoms. The number of carbonyl (C=O) groups excluding carboxylic acids is 3. The maximum atomic E-state index is 12.5. The molecule has 0 aliphatic carbocycles. The van der Waals surface area contributed by atoms with Gasteiger partial charge in [-0.3, -0.25) is 9.13 Å². The molecule has 1 unspecified atom stereocenters. The van der Waals surface area contributed by atoms with Crippen LogP contribution in [0.4, 0.5) is 4.79 Å². The van der Waals surface area contributed by atoms with E-state index >= 15 is 0 Å². The molecule has 0 aromatic heterocycles. The molecule has 0 saturated carbocycles. The molecule has 0 fully saturated rings. The van der Waals surface area contributed by atoms with Crippen LogP contribution in [0.25, 0.3) is 0 Å². The van der Waals surface area contributed by atoms with Gasteiger partial charge < -0.3 is 19.6 Å². The fraction of sp³-hybridized carbons (Fsp3) is 0.864. The normalized spacial score (nSPS) is 14.3. The van der Waals surface area contributed by atoms with Crippen molar-refractivity contribution in [2.75, 3.05) is 19.8 Å². The Labute approximate surface area is 246 Å². The monoisotopic (exact) mass is 672 g/mol. The van der Waals surface area contributed by atoms with Crippen LogP contribution in [0.5, 0.6) is 0 Å². The molecule has 1 atom stereocenters. The van der Waals surface area contributed by atoms with E-state index in [0.717, 1.165) is 0 Å². The Morgan fingerprint density at radius 1 is 0.810 bits per heavy atom. The van der Waals surface area contributed by atoms with Gasteiger partial charge >= 0.3 is 217 Å².